The number of nitrogens with two attached hydrogens (primary N) is 1. The minimum Gasteiger partial charge on any atom is -0.480 e. The molecule has 0 aliphatic rings. The van der Waals surface area contributed by atoms with Crippen molar-refractivity contribution < 1.29 is 29.4 Å². The highest BCUT2D eigenvalue weighted by molar-refractivity contribution is 5.97. The number of nitrogens with one attached hydrogen (secondary N) is 6. The third-order valence-electron chi connectivity index (χ3n) is 7.09. The molecular weight excluding hydrogens is 672 g/mol. The van der Waals surface area contributed by atoms with Crippen LogP contribution in [0.4, 0.5) is 11.6 Å². The predicted molar refractivity (Wildman–Crippen MR) is 203 cm³/mol. The fraction of sp³-hybridized carbons (Fsp3) is 0.543. The maximum Gasteiger partial charge on any atom is 0.326 e. The third kappa shape index (κ3) is 19.4. The number of anilines is 2. The molecule has 0 saturated heterocycles. The van der Waals surface area contributed by atoms with Crippen LogP contribution in [0.3, 0.4) is 0 Å². The second-order valence-corrected chi connectivity index (χ2v) is 11.3. The van der Waals surface area contributed by atoms with Crippen LogP contribution in [-0.4, -0.2) is 100 Å². The Bertz CT molecular complexity index is 1550. The van der Waals surface area contributed by atoms with E-state index in [4.69, 9.17) is 10.8 Å². The average Bonchev–Trinajstić information content (AvgIpc) is 3.12. The van der Waals surface area contributed by atoms with Gasteiger partial charge in [0.2, 0.25) is 5.95 Å². The molecule has 0 radical (unpaired) electrons. The van der Waals surface area contributed by atoms with Crippen LogP contribution in [0, 0.1) is 0 Å². The topological polar surface area (TPSA) is 266 Å². The second-order valence-electron chi connectivity index (χ2n) is 11.3. The van der Waals surface area contributed by atoms with Crippen molar-refractivity contribution in [3.8, 4) is 0 Å². The Balaban J connectivity index is 0.00000107. The zero-order valence-corrected chi connectivity index (χ0v) is 31.5. The van der Waals surface area contributed by atoms with Gasteiger partial charge in [0.05, 0.1) is 18.4 Å². The summed E-state index contributed by atoms with van der Waals surface area (Å²) < 4.78 is 0. The van der Waals surface area contributed by atoms with Gasteiger partial charge in [0, 0.05) is 17.7 Å². The molecular formula is C35H58N10O7. The van der Waals surface area contributed by atoms with Crippen molar-refractivity contribution in [1.82, 2.24) is 41.2 Å². The van der Waals surface area contributed by atoms with Crippen molar-refractivity contribution in [2.24, 2.45) is 0 Å². The fourth-order valence-electron chi connectivity index (χ4n) is 4.23. The number of aromatic nitrogens is 4. The molecule has 17 nitrogen and oxygen atoms in total. The van der Waals surface area contributed by atoms with Gasteiger partial charge in [-0.2, -0.15) is 4.98 Å². The highest BCUT2D eigenvalue weighted by Gasteiger charge is 2.21. The van der Waals surface area contributed by atoms with Gasteiger partial charge in [-0.15, -0.1) is 0 Å². The molecule has 3 rings (SSSR count). The summed E-state index contributed by atoms with van der Waals surface area (Å²) in [5.41, 5.74) is 6.64. The number of hydrogen-bond donors (Lipinski definition) is 9. The molecule has 10 N–H and O–H groups in total. The van der Waals surface area contributed by atoms with E-state index in [0.29, 0.717) is 17.8 Å². The van der Waals surface area contributed by atoms with Gasteiger partial charge in [0.15, 0.2) is 11.2 Å². The summed E-state index contributed by atoms with van der Waals surface area (Å²) >= 11 is 0. The number of carboxylic acid groups (broad SMARTS) is 2. The van der Waals surface area contributed by atoms with Crippen LogP contribution in [0.1, 0.15) is 88.7 Å². The molecule has 0 fully saturated rings. The average molecular weight is 731 g/mol. The molecule has 0 saturated carbocycles. The highest BCUT2D eigenvalue weighted by atomic mass is 16.4. The summed E-state index contributed by atoms with van der Waals surface area (Å²) in [5.74, 6) is -2.71. The van der Waals surface area contributed by atoms with E-state index in [1.165, 1.54) is 38.1 Å². The molecule has 2 aromatic heterocycles. The van der Waals surface area contributed by atoms with Crippen molar-refractivity contribution in [3.05, 3.63) is 52.1 Å². The summed E-state index contributed by atoms with van der Waals surface area (Å²) in [5, 5.41) is 32.2. The van der Waals surface area contributed by atoms with Crippen LogP contribution in [0.2, 0.25) is 0 Å². The van der Waals surface area contributed by atoms with Gasteiger partial charge in [0.25, 0.3) is 11.5 Å². The number of hydrogen-bond acceptors (Lipinski definition) is 13. The number of H-pyrrole nitrogens is 1. The van der Waals surface area contributed by atoms with E-state index in [9.17, 15) is 29.1 Å². The molecule has 52 heavy (non-hydrogen) atoms. The van der Waals surface area contributed by atoms with Crippen molar-refractivity contribution >= 4 is 46.4 Å². The summed E-state index contributed by atoms with van der Waals surface area (Å²) in [6.45, 7) is 9.93. The van der Waals surface area contributed by atoms with E-state index in [1.807, 2.05) is 27.9 Å². The van der Waals surface area contributed by atoms with Crippen molar-refractivity contribution in [1.29, 1.82) is 0 Å². The first-order chi connectivity index (χ1) is 24.9. The fourth-order valence-corrected chi connectivity index (χ4v) is 4.23. The van der Waals surface area contributed by atoms with Gasteiger partial charge in [-0.25, -0.2) is 14.8 Å². The molecule has 1 amide bonds. The first kappa shape index (κ1) is 47.0. The SMILES string of the molecule is CC.CC(=O)CC[C@H](NC(=O)c1ccc(NCc2cnc3nc(N)[nH]c(=O)c3n2)cc1)C(=O)O.CCCCNC.CNCCCC[C@H](NC)C(=O)O. The number of amides is 1. The molecule has 2 atom stereocenters. The number of nitrogen functional groups attached to an aromatic ring is 1. The van der Waals surface area contributed by atoms with Crippen molar-refractivity contribution in [2.75, 3.05) is 45.3 Å². The number of carbonyl (C=O) groups excluding carboxylic acids is 2. The van der Waals surface area contributed by atoms with Gasteiger partial charge in [0.1, 0.15) is 17.9 Å². The maximum absolute atomic E-state index is 12.3. The van der Waals surface area contributed by atoms with E-state index < -0.39 is 29.4 Å². The van der Waals surface area contributed by atoms with E-state index in [2.05, 4.69) is 53.4 Å². The number of carboxylic acids is 2. The Hall–Kier alpha value is -5.00. The normalized spacial score (nSPS) is 11.3. The molecule has 290 valence electrons. The standard InChI is InChI=1S/C20H21N7O5.C8H18N2O2.C5H13N.C2H6/c1-10(28)2-7-14(19(31)32)25-17(29)11-3-5-12(6-4-11)22-8-13-9-23-16-15(24-13)18(30)27-20(21)26-16;1-9-6-4-3-5-7(10-2)8(11)12;1-3-4-5-6-2;1-2/h3-6,9,14,22H,2,7-8H2,1H3,(H,25,29)(H,31,32)(H3,21,23,26,27,30);7,9-10H,3-6H2,1-2H3,(H,11,12);6H,3-5H2,1-2H3;1-2H3/t14-;7-;;/m00../s1. The Kier molecular flexibility index (Phi) is 25.0. The largest absolute Gasteiger partial charge is 0.480 e. The summed E-state index contributed by atoms with van der Waals surface area (Å²) in [7, 11) is 5.55. The molecule has 17 heteroatoms. The number of nitrogens with zero attached hydrogens (tertiary/aromatic N) is 3. The molecule has 1 aromatic carbocycles. The molecule has 0 unspecified atom stereocenters. The maximum atomic E-state index is 12.3. The quantitative estimate of drug-likeness (QED) is 0.0803. The molecule has 0 aliphatic heterocycles. The van der Waals surface area contributed by atoms with Crippen LogP contribution < -0.4 is 37.9 Å². The second kappa shape index (κ2) is 27.7. The van der Waals surface area contributed by atoms with E-state index in [0.717, 1.165) is 25.9 Å². The van der Waals surface area contributed by atoms with E-state index >= 15 is 0 Å². The molecule has 0 aliphatic carbocycles. The van der Waals surface area contributed by atoms with Gasteiger partial charge < -0.3 is 47.3 Å². The zero-order chi connectivity index (χ0) is 39.5. The lowest BCUT2D eigenvalue weighted by Crippen LogP contribution is -2.41. The lowest BCUT2D eigenvalue weighted by molar-refractivity contribution is -0.140. The number of aliphatic carboxylic acids is 2. The van der Waals surface area contributed by atoms with Crippen LogP contribution in [-0.2, 0) is 20.9 Å². The van der Waals surface area contributed by atoms with Gasteiger partial charge in [-0.05, 0) is 91.1 Å². The lowest BCUT2D eigenvalue weighted by Gasteiger charge is -2.14. The predicted octanol–water partition coefficient (Wildman–Crippen LogP) is 2.54. The number of ketones is 1. The summed E-state index contributed by atoms with van der Waals surface area (Å²) in [4.78, 5) is 71.7. The molecule has 3 aromatic rings. The Morgan fingerprint density at radius 2 is 1.50 bits per heavy atom. The number of fused-ring (bicyclic) bond motifs is 1. The van der Waals surface area contributed by atoms with Gasteiger partial charge >= 0.3 is 11.9 Å². The van der Waals surface area contributed by atoms with Crippen molar-refractivity contribution in [3.63, 3.8) is 0 Å². The molecule has 0 bridgehead atoms. The van der Waals surface area contributed by atoms with Crippen LogP contribution in [0.25, 0.3) is 11.2 Å². The third-order valence-corrected chi connectivity index (χ3v) is 7.09. The molecule has 0 spiro atoms. The van der Waals surface area contributed by atoms with Crippen LogP contribution in [0.5, 0.6) is 0 Å². The minimum atomic E-state index is -1.20. The number of aromatic amines is 1. The first-order valence-corrected chi connectivity index (χ1v) is 17.4. The zero-order valence-electron chi connectivity index (χ0n) is 31.5. The Morgan fingerprint density at radius 1 is 0.885 bits per heavy atom. The number of rotatable bonds is 19. The smallest absolute Gasteiger partial charge is 0.326 e. The van der Waals surface area contributed by atoms with E-state index in [1.54, 1.807) is 19.2 Å². The Morgan fingerprint density at radius 3 is 2.02 bits per heavy atom. The monoisotopic (exact) mass is 730 g/mol. The number of carbonyl (C=O) groups is 4. The van der Waals surface area contributed by atoms with E-state index in [-0.39, 0.29) is 53.9 Å². The number of likely N-dealkylation sites (N-methyl/N-ethyl adjacent to an activating group) is 1. The minimum absolute atomic E-state index is 0.0216. The van der Waals surface area contributed by atoms with Gasteiger partial charge in [-0.1, -0.05) is 33.6 Å². The number of benzene rings is 1. The lowest BCUT2D eigenvalue weighted by atomic mass is 10.1. The van der Waals surface area contributed by atoms with Gasteiger partial charge in [-0.3, -0.25) is 19.4 Å². The number of unbranched alkanes of at least 4 members (excludes halogenated alkanes) is 2. The Labute approximate surface area is 305 Å². The van der Waals surface area contributed by atoms with Crippen LogP contribution in [0.15, 0.2) is 35.3 Å². The summed E-state index contributed by atoms with van der Waals surface area (Å²) in [6, 6.07) is 4.81. The summed E-state index contributed by atoms with van der Waals surface area (Å²) in [6.07, 6.45) is 6.82. The number of Topliss-reactive ketones (excluding diaryl/α,β-unsaturated/α-hetero) is 1. The first-order valence-electron chi connectivity index (χ1n) is 17.4. The molecule has 2 heterocycles. The highest BCUT2D eigenvalue weighted by Crippen LogP contribution is 2.12. The van der Waals surface area contributed by atoms with Crippen LogP contribution >= 0.6 is 0 Å². The van der Waals surface area contributed by atoms with Crippen molar-refractivity contribution in [2.45, 2.75) is 91.3 Å².